The predicted molar refractivity (Wildman–Crippen MR) is 38.3 cm³/mol. The second kappa shape index (κ2) is 2.13. The van der Waals surface area contributed by atoms with E-state index in [1.54, 1.807) is 0 Å². The molecule has 0 saturated carbocycles. The average molecular weight is 124 g/mol. The maximum Gasteiger partial charge on any atom is 0.0146 e. The third-order valence-electron chi connectivity index (χ3n) is 1.28. The van der Waals surface area contributed by atoms with Crippen LogP contribution in [0.1, 0.15) is 13.8 Å². The predicted octanol–water partition coefficient (Wildman–Crippen LogP) is 1.15. The van der Waals surface area contributed by atoms with Crippen LogP contribution in [-0.4, -0.2) is 0 Å². The van der Waals surface area contributed by atoms with E-state index < -0.39 is 0 Å². The van der Waals surface area contributed by atoms with Crippen molar-refractivity contribution in [2.75, 3.05) is 0 Å². The molecule has 0 unspecified atom stereocenters. The van der Waals surface area contributed by atoms with Crippen LogP contribution in [0.2, 0.25) is 0 Å². The maximum atomic E-state index is 2.89. The number of hydrogen-bond donors (Lipinski definition) is 2. The molecule has 1 heterocycles. The minimum atomic E-state index is 0.177. The van der Waals surface area contributed by atoms with Crippen LogP contribution >= 0.6 is 0 Å². The van der Waals surface area contributed by atoms with Gasteiger partial charge in [-0.25, -0.2) is 0 Å². The molecule has 2 nitrogen and oxygen atoms in total. The van der Waals surface area contributed by atoms with E-state index in [1.807, 2.05) is 12.4 Å². The molecule has 0 bridgehead atoms. The fourth-order valence-corrected chi connectivity index (χ4v) is 0.665. The van der Waals surface area contributed by atoms with Gasteiger partial charge in [0, 0.05) is 17.8 Å². The van der Waals surface area contributed by atoms with Crippen molar-refractivity contribution in [1.82, 2.24) is 10.9 Å². The molecule has 0 aromatic carbocycles. The van der Waals surface area contributed by atoms with Crippen molar-refractivity contribution < 1.29 is 0 Å². The molecule has 9 heavy (non-hydrogen) atoms. The first-order chi connectivity index (χ1) is 4.21. The third-order valence-corrected chi connectivity index (χ3v) is 1.28. The molecule has 1 aliphatic heterocycles. The third kappa shape index (κ3) is 1.80. The molecule has 0 spiro atoms. The summed E-state index contributed by atoms with van der Waals surface area (Å²) >= 11 is 0. The molecule has 0 radical (unpaired) electrons. The van der Waals surface area contributed by atoms with Crippen molar-refractivity contribution in [2.45, 2.75) is 13.8 Å². The fraction of sp³-hybridized carbons (Fsp3) is 0.429. The second-order valence-electron chi connectivity index (χ2n) is 2.78. The highest BCUT2D eigenvalue weighted by molar-refractivity contribution is 5.08. The standard InChI is InChI=1S/C7H12N2/c1-7(2)3-5-8-9-6-4-7/h3-6,8-9H,1-2H3. The quantitative estimate of drug-likeness (QED) is 0.506. The van der Waals surface area contributed by atoms with Crippen molar-refractivity contribution >= 4 is 0 Å². The molecule has 0 fully saturated rings. The zero-order valence-electron chi connectivity index (χ0n) is 5.81. The van der Waals surface area contributed by atoms with E-state index in [2.05, 4.69) is 36.9 Å². The largest absolute Gasteiger partial charge is 0.309 e. The van der Waals surface area contributed by atoms with Crippen LogP contribution in [0, 0.1) is 5.41 Å². The van der Waals surface area contributed by atoms with E-state index in [1.165, 1.54) is 0 Å². The summed E-state index contributed by atoms with van der Waals surface area (Å²) in [5.74, 6) is 0. The van der Waals surface area contributed by atoms with Gasteiger partial charge in [0.05, 0.1) is 0 Å². The van der Waals surface area contributed by atoms with E-state index >= 15 is 0 Å². The molecular formula is C7H12N2. The van der Waals surface area contributed by atoms with E-state index in [-0.39, 0.29) is 5.41 Å². The molecular weight excluding hydrogens is 112 g/mol. The molecule has 1 aliphatic rings. The molecule has 2 N–H and O–H groups in total. The topological polar surface area (TPSA) is 24.1 Å². The van der Waals surface area contributed by atoms with Gasteiger partial charge in [0.1, 0.15) is 0 Å². The monoisotopic (exact) mass is 124 g/mol. The lowest BCUT2D eigenvalue weighted by molar-refractivity contribution is 0.626. The SMILES string of the molecule is CC1(C)C=CNNC=C1. The smallest absolute Gasteiger partial charge is 0.0146 e. The first-order valence-electron chi connectivity index (χ1n) is 3.07. The van der Waals surface area contributed by atoms with Gasteiger partial charge in [-0.3, -0.25) is 0 Å². The van der Waals surface area contributed by atoms with E-state index in [0.717, 1.165) is 0 Å². The normalized spacial score (nSPS) is 22.0. The fourth-order valence-electron chi connectivity index (χ4n) is 0.665. The summed E-state index contributed by atoms with van der Waals surface area (Å²) in [6.45, 7) is 4.30. The van der Waals surface area contributed by atoms with Gasteiger partial charge in [0.2, 0.25) is 0 Å². The summed E-state index contributed by atoms with van der Waals surface area (Å²) in [4.78, 5) is 0. The first-order valence-corrected chi connectivity index (χ1v) is 3.07. The number of hydrazine groups is 1. The van der Waals surface area contributed by atoms with Crippen LogP contribution in [0.5, 0.6) is 0 Å². The molecule has 0 amide bonds. The molecule has 2 heteroatoms. The number of allylic oxidation sites excluding steroid dienone is 2. The zero-order valence-corrected chi connectivity index (χ0v) is 5.81. The lowest BCUT2D eigenvalue weighted by atomic mass is 9.94. The van der Waals surface area contributed by atoms with Crippen LogP contribution in [0.15, 0.2) is 24.6 Å². The summed E-state index contributed by atoms with van der Waals surface area (Å²) in [6.07, 6.45) is 8.01. The van der Waals surface area contributed by atoms with E-state index in [9.17, 15) is 0 Å². The van der Waals surface area contributed by atoms with Gasteiger partial charge in [0.25, 0.3) is 0 Å². The number of rotatable bonds is 0. The van der Waals surface area contributed by atoms with Crippen molar-refractivity contribution in [3.63, 3.8) is 0 Å². The Balaban J connectivity index is 2.70. The van der Waals surface area contributed by atoms with E-state index in [4.69, 9.17) is 0 Å². The van der Waals surface area contributed by atoms with Crippen LogP contribution in [0.25, 0.3) is 0 Å². The Morgan fingerprint density at radius 2 is 1.44 bits per heavy atom. The molecule has 0 aromatic rings. The van der Waals surface area contributed by atoms with Gasteiger partial charge in [-0.2, -0.15) is 0 Å². The maximum absolute atomic E-state index is 2.89. The number of hydrogen-bond acceptors (Lipinski definition) is 2. The Labute approximate surface area is 55.6 Å². The summed E-state index contributed by atoms with van der Waals surface area (Å²) in [5, 5.41) is 0. The number of nitrogens with one attached hydrogen (secondary N) is 2. The summed E-state index contributed by atoms with van der Waals surface area (Å²) in [6, 6.07) is 0. The van der Waals surface area contributed by atoms with Gasteiger partial charge in [-0.15, -0.1) is 0 Å². The summed E-state index contributed by atoms with van der Waals surface area (Å²) in [5.41, 5.74) is 5.95. The lowest BCUT2D eigenvalue weighted by Crippen LogP contribution is -2.18. The van der Waals surface area contributed by atoms with Gasteiger partial charge < -0.3 is 10.9 Å². The second-order valence-corrected chi connectivity index (χ2v) is 2.78. The molecule has 0 aliphatic carbocycles. The molecule has 0 atom stereocenters. The molecule has 50 valence electrons. The average Bonchev–Trinajstić information content (AvgIpc) is 1.92. The van der Waals surface area contributed by atoms with Gasteiger partial charge in [-0.05, 0) is 0 Å². The Kier molecular flexibility index (Phi) is 1.47. The first kappa shape index (κ1) is 6.20. The Morgan fingerprint density at radius 1 is 1.00 bits per heavy atom. The van der Waals surface area contributed by atoms with Crippen LogP contribution in [-0.2, 0) is 0 Å². The van der Waals surface area contributed by atoms with E-state index in [0.29, 0.717) is 0 Å². The van der Waals surface area contributed by atoms with Crippen LogP contribution in [0.3, 0.4) is 0 Å². The Morgan fingerprint density at radius 3 is 1.89 bits per heavy atom. The highest BCUT2D eigenvalue weighted by Crippen LogP contribution is 2.18. The lowest BCUT2D eigenvalue weighted by Gasteiger charge is -2.10. The molecule has 0 aromatic heterocycles. The highest BCUT2D eigenvalue weighted by atomic mass is 15.3. The van der Waals surface area contributed by atoms with Gasteiger partial charge in [-0.1, -0.05) is 26.0 Å². The Hall–Kier alpha value is -0.920. The van der Waals surface area contributed by atoms with Crippen molar-refractivity contribution in [3.8, 4) is 0 Å². The highest BCUT2D eigenvalue weighted by Gasteiger charge is 2.08. The van der Waals surface area contributed by atoms with Gasteiger partial charge >= 0.3 is 0 Å². The summed E-state index contributed by atoms with van der Waals surface area (Å²) < 4.78 is 0. The van der Waals surface area contributed by atoms with Crippen molar-refractivity contribution in [2.24, 2.45) is 5.41 Å². The molecule has 1 rings (SSSR count). The van der Waals surface area contributed by atoms with Crippen LogP contribution in [0.4, 0.5) is 0 Å². The van der Waals surface area contributed by atoms with Crippen molar-refractivity contribution in [1.29, 1.82) is 0 Å². The Bertz CT molecular complexity index is 129. The molecule has 0 saturated heterocycles. The summed E-state index contributed by atoms with van der Waals surface area (Å²) in [7, 11) is 0. The van der Waals surface area contributed by atoms with Crippen molar-refractivity contribution in [3.05, 3.63) is 24.6 Å². The zero-order chi connectivity index (χ0) is 6.74. The minimum absolute atomic E-state index is 0.177. The van der Waals surface area contributed by atoms with Gasteiger partial charge in [0.15, 0.2) is 0 Å². The minimum Gasteiger partial charge on any atom is -0.309 e. The van der Waals surface area contributed by atoms with Crippen LogP contribution < -0.4 is 10.9 Å².